The summed E-state index contributed by atoms with van der Waals surface area (Å²) in [4.78, 5) is 15.5. The second-order valence-corrected chi connectivity index (χ2v) is 4.49. The van der Waals surface area contributed by atoms with Gasteiger partial charge in [0.15, 0.2) is 23.3 Å². The minimum absolute atomic E-state index is 0.0476. The van der Waals surface area contributed by atoms with Crippen LogP contribution in [0.3, 0.4) is 0 Å². The molecule has 3 nitrogen and oxygen atoms in total. The zero-order chi connectivity index (χ0) is 15.7. The molecule has 21 heavy (non-hydrogen) atoms. The molecule has 0 atom stereocenters. The van der Waals surface area contributed by atoms with E-state index in [2.05, 4.69) is 20.9 Å². The number of rotatable bonds is 2. The lowest BCUT2D eigenvalue weighted by molar-refractivity contribution is 0.102. The molecule has 0 unspecified atom stereocenters. The molecule has 1 heterocycles. The molecule has 1 aromatic carbocycles. The van der Waals surface area contributed by atoms with Gasteiger partial charge in [-0.05, 0) is 28.1 Å². The van der Waals surface area contributed by atoms with Gasteiger partial charge in [-0.15, -0.1) is 0 Å². The summed E-state index contributed by atoms with van der Waals surface area (Å²) < 4.78 is 65.7. The molecule has 110 valence electrons. The molecule has 1 aromatic heterocycles. The predicted octanol–water partition coefficient (Wildman–Crippen LogP) is 3.79. The molecule has 0 aliphatic rings. The maximum absolute atomic E-state index is 13.4. The summed E-state index contributed by atoms with van der Waals surface area (Å²) in [5.74, 6) is -11.9. The SMILES string of the molecule is O=C(Nc1c(F)c(F)c(F)c(F)c1F)c1cccnc1Br. The van der Waals surface area contributed by atoms with Gasteiger partial charge in [0.25, 0.3) is 5.91 Å². The van der Waals surface area contributed by atoms with Gasteiger partial charge in [0, 0.05) is 6.20 Å². The summed E-state index contributed by atoms with van der Waals surface area (Å²) in [5.41, 5.74) is -1.56. The van der Waals surface area contributed by atoms with E-state index in [-0.39, 0.29) is 10.2 Å². The lowest BCUT2D eigenvalue weighted by atomic mass is 10.2. The van der Waals surface area contributed by atoms with Crippen molar-refractivity contribution in [1.82, 2.24) is 4.98 Å². The monoisotopic (exact) mass is 366 g/mol. The lowest BCUT2D eigenvalue weighted by Crippen LogP contribution is -2.17. The van der Waals surface area contributed by atoms with Crippen LogP contribution in [-0.2, 0) is 0 Å². The maximum Gasteiger partial charge on any atom is 0.258 e. The van der Waals surface area contributed by atoms with E-state index >= 15 is 0 Å². The molecular weight excluding hydrogens is 363 g/mol. The van der Waals surface area contributed by atoms with Crippen LogP contribution in [0.5, 0.6) is 0 Å². The number of anilines is 1. The van der Waals surface area contributed by atoms with Gasteiger partial charge in [0.2, 0.25) is 5.82 Å². The van der Waals surface area contributed by atoms with Crippen molar-refractivity contribution < 1.29 is 26.7 Å². The van der Waals surface area contributed by atoms with Crippen molar-refractivity contribution in [3.63, 3.8) is 0 Å². The van der Waals surface area contributed by atoms with E-state index in [1.807, 2.05) is 0 Å². The van der Waals surface area contributed by atoms with Crippen LogP contribution in [0.15, 0.2) is 22.9 Å². The molecule has 0 fully saturated rings. The van der Waals surface area contributed by atoms with Crippen LogP contribution in [0.1, 0.15) is 10.4 Å². The van der Waals surface area contributed by atoms with Gasteiger partial charge < -0.3 is 5.32 Å². The standard InChI is InChI=1S/C12H4BrF5N2O/c13-11-4(2-1-3-19-11)12(21)20-10-8(17)6(15)5(14)7(16)9(10)18/h1-3H,(H,20,21). The summed E-state index contributed by atoms with van der Waals surface area (Å²) in [6, 6.07) is 2.61. The minimum Gasteiger partial charge on any atom is -0.317 e. The fraction of sp³-hybridized carbons (Fsp3) is 0. The van der Waals surface area contributed by atoms with Crippen LogP contribution in [-0.4, -0.2) is 10.9 Å². The maximum atomic E-state index is 13.4. The molecule has 0 saturated heterocycles. The van der Waals surface area contributed by atoms with Gasteiger partial charge in [0.05, 0.1) is 5.56 Å². The van der Waals surface area contributed by atoms with Gasteiger partial charge in [-0.3, -0.25) is 4.79 Å². The number of pyridine rings is 1. The normalized spacial score (nSPS) is 10.6. The summed E-state index contributed by atoms with van der Waals surface area (Å²) in [6.07, 6.45) is 1.33. The fourth-order valence-electron chi connectivity index (χ4n) is 1.45. The smallest absolute Gasteiger partial charge is 0.258 e. The number of benzene rings is 1. The molecular formula is C12H4BrF5N2O. The summed E-state index contributed by atoms with van der Waals surface area (Å²) in [7, 11) is 0. The molecule has 9 heteroatoms. The zero-order valence-corrected chi connectivity index (χ0v) is 11.4. The van der Waals surface area contributed by atoms with E-state index in [0.29, 0.717) is 0 Å². The van der Waals surface area contributed by atoms with Gasteiger partial charge >= 0.3 is 0 Å². The third kappa shape index (κ3) is 2.73. The highest BCUT2D eigenvalue weighted by Gasteiger charge is 2.27. The van der Waals surface area contributed by atoms with Crippen molar-refractivity contribution in [2.45, 2.75) is 0 Å². The van der Waals surface area contributed by atoms with Gasteiger partial charge in [-0.25, -0.2) is 26.9 Å². The quantitative estimate of drug-likeness (QED) is 0.380. The third-order valence-electron chi connectivity index (χ3n) is 2.45. The highest BCUT2D eigenvalue weighted by molar-refractivity contribution is 9.10. The number of carbonyl (C=O) groups excluding carboxylic acids is 1. The van der Waals surface area contributed by atoms with Crippen molar-refractivity contribution in [2.75, 3.05) is 5.32 Å². The Bertz CT molecular complexity index is 709. The van der Waals surface area contributed by atoms with Crippen molar-refractivity contribution >= 4 is 27.5 Å². The highest BCUT2D eigenvalue weighted by Crippen LogP contribution is 2.27. The van der Waals surface area contributed by atoms with Crippen LogP contribution >= 0.6 is 15.9 Å². The van der Waals surface area contributed by atoms with E-state index in [0.717, 1.165) is 0 Å². The Labute approximate surface area is 122 Å². The molecule has 0 bridgehead atoms. The number of amides is 1. The lowest BCUT2D eigenvalue weighted by Gasteiger charge is -2.10. The van der Waals surface area contributed by atoms with E-state index in [4.69, 9.17) is 0 Å². The van der Waals surface area contributed by atoms with E-state index in [1.165, 1.54) is 18.3 Å². The van der Waals surface area contributed by atoms with Crippen LogP contribution in [0, 0.1) is 29.1 Å². The first-order valence-electron chi connectivity index (χ1n) is 5.28. The molecule has 1 N–H and O–H groups in total. The molecule has 2 rings (SSSR count). The van der Waals surface area contributed by atoms with Crippen molar-refractivity contribution in [1.29, 1.82) is 0 Å². The minimum atomic E-state index is -2.30. The second kappa shape index (κ2) is 5.76. The Balaban J connectivity index is 2.46. The van der Waals surface area contributed by atoms with Crippen molar-refractivity contribution in [3.05, 3.63) is 57.6 Å². The van der Waals surface area contributed by atoms with Gasteiger partial charge in [-0.1, -0.05) is 0 Å². The number of carbonyl (C=O) groups is 1. The van der Waals surface area contributed by atoms with Crippen LogP contribution < -0.4 is 5.32 Å². The number of halogens is 6. The second-order valence-electron chi connectivity index (χ2n) is 3.74. The Hall–Kier alpha value is -2.03. The number of hydrogen-bond donors (Lipinski definition) is 1. The molecule has 1 amide bonds. The molecule has 0 saturated carbocycles. The summed E-state index contributed by atoms with van der Waals surface area (Å²) in [6.45, 7) is 0. The zero-order valence-electron chi connectivity index (χ0n) is 9.86. The Kier molecular flexibility index (Phi) is 4.21. The topological polar surface area (TPSA) is 42.0 Å². The Morgan fingerprint density at radius 3 is 2.05 bits per heavy atom. The first-order valence-corrected chi connectivity index (χ1v) is 6.07. The first-order chi connectivity index (χ1) is 9.84. The number of hydrogen-bond acceptors (Lipinski definition) is 2. The number of aromatic nitrogens is 1. The molecule has 0 aliphatic carbocycles. The van der Waals surface area contributed by atoms with Crippen LogP contribution in [0.25, 0.3) is 0 Å². The van der Waals surface area contributed by atoms with Gasteiger partial charge in [0.1, 0.15) is 10.3 Å². The molecule has 0 spiro atoms. The average Bonchev–Trinajstić information content (AvgIpc) is 2.48. The van der Waals surface area contributed by atoms with Gasteiger partial charge in [-0.2, -0.15) is 0 Å². The number of nitrogens with zero attached hydrogens (tertiary/aromatic N) is 1. The highest BCUT2D eigenvalue weighted by atomic mass is 79.9. The van der Waals surface area contributed by atoms with Crippen molar-refractivity contribution in [3.8, 4) is 0 Å². The fourth-order valence-corrected chi connectivity index (χ4v) is 1.88. The first kappa shape index (κ1) is 15.4. The third-order valence-corrected chi connectivity index (χ3v) is 3.08. The Morgan fingerprint density at radius 2 is 1.52 bits per heavy atom. The molecule has 0 radical (unpaired) electrons. The molecule has 0 aliphatic heterocycles. The molecule has 2 aromatic rings. The van der Waals surface area contributed by atoms with Crippen molar-refractivity contribution in [2.24, 2.45) is 0 Å². The van der Waals surface area contributed by atoms with Crippen LogP contribution in [0.2, 0.25) is 0 Å². The van der Waals surface area contributed by atoms with Crippen LogP contribution in [0.4, 0.5) is 27.6 Å². The van der Waals surface area contributed by atoms with E-state index in [9.17, 15) is 26.7 Å². The van der Waals surface area contributed by atoms with E-state index < -0.39 is 40.7 Å². The Morgan fingerprint density at radius 1 is 1.00 bits per heavy atom. The number of nitrogens with one attached hydrogen (secondary N) is 1. The van der Waals surface area contributed by atoms with E-state index in [1.54, 1.807) is 5.32 Å². The largest absolute Gasteiger partial charge is 0.317 e. The summed E-state index contributed by atoms with van der Waals surface area (Å²) >= 11 is 2.92. The average molecular weight is 367 g/mol. The predicted molar refractivity (Wildman–Crippen MR) is 66.1 cm³/mol. The summed E-state index contributed by atoms with van der Waals surface area (Å²) in [5, 5.41) is 1.64.